The molecule has 0 unspecified atom stereocenters. The number of hydrogen-bond donors (Lipinski definition) is 1. The van der Waals surface area contributed by atoms with Crippen molar-refractivity contribution < 1.29 is 18.3 Å². The summed E-state index contributed by atoms with van der Waals surface area (Å²) in [6, 6.07) is 8.96. The van der Waals surface area contributed by atoms with Crippen LogP contribution in [0.3, 0.4) is 0 Å². The van der Waals surface area contributed by atoms with Gasteiger partial charge >= 0.3 is 6.61 Å². The Balaban J connectivity index is 1.99. The first-order valence-corrected chi connectivity index (χ1v) is 9.88. The third-order valence-corrected chi connectivity index (χ3v) is 5.04. The Morgan fingerprint density at radius 3 is 2.58 bits per heavy atom. The molecule has 1 N–H and O–H groups in total. The van der Waals surface area contributed by atoms with Crippen LogP contribution in [-0.2, 0) is 11.8 Å². The predicted molar refractivity (Wildman–Crippen MR) is 116 cm³/mol. The molecule has 3 rings (SSSR count). The Kier molecular flexibility index (Phi) is 7.17. The first kappa shape index (κ1) is 22.2. The van der Waals surface area contributed by atoms with E-state index in [4.69, 9.17) is 0 Å². The molecule has 1 aromatic heterocycles. The number of pyridine rings is 1. The fraction of sp³-hybridized carbons (Fsp3) is 0.318. The molecule has 1 aromatic carbocycles. The number of carbonyl (C=O) groups excluding carboxylic acids is 1. The molecule has 1 amide bonds. The molecule has 0 spiro atoms. The van der Waals surface area contributed by atoms with Crippen LogP contribution in [0.4, 0.5) is 20.2 Å². The van der Waals surface area contributed by atoms with E-state index < -0.39 is 6.61 Å². The number of alkyl halides is 2. The SMILES string of the molecule is CC1=C(/C(=N\N(C=O)c2ccc(OC(F)F)cc2)Nc2cccn(C)c2=O)CCCC1. The van der Waals surface area contributed by atoms with Crippen LogP contribution in [0, 0.1) is 0 Å². The van der Waals surface area contributed by atoms with Gasteiger partial charge in [-0.1, -0.05) is 5.57 Å². The Bertz CT molecular complexity index is 1050. The minimum atomic E-state index is -2.93. The molecular formula is C22H24F2N4O3. The maximum Gasteiger partial charge on any atom is 0.387 e. The van der Waals surface area contributed by atoms with Crippen molar-refractivity contribution in [3.63, 3.8) is 0 Å². The molecule has 0 aliphatic heterocycles. The summed E-state index contributed by atoms with van der Waals surface area (Å²) in [5, 5.41) is 8.66. The lowest BCUT2D eigenvalue weighted by atomic mass is 9.92. The van der Waals surface area contributed by atoms with E-state index in [-0.39, 0.29) is 11.3 Å². The van der Waals surface area contributed by atoms with E-state index in [1.54, 1.807) is 25.4 Å². The van der Waals surface area contributed by atoms with Gasteiger partial charge in [0.1, 0.15) is 11.4 Å². The van der Waals surface area contributed by atoms with Crippen LogP contribution in [0.5, 0.6) is 5.75 Å². The highest BCUT2D eigenvalue weighted by Gasteiger charge is 2.18. The highest BCUT2D eigenvalue weighted by Crippen LogP contribution is 2.27. The van der Waals surface area contributed by atoms with Gasteiger partial charge in [0.05, 0.1) is 5.69 Å². The fourth-order valence-corrected chi connectivity index (χ4v) is 3.39. The number of hydrogen-bond acceptors (Lipinski definition) is 4. The van der Waals surface area contributed by atoms with E-state index >= 15 is 0 Å². The number of allylic oxidation sites excluding steroid dienone is 1. The second-order valence-electron chi connectivity index (χ2n) is 7.20. The zero-order valence-corrected chi connectivity index (χ0v) is 17.3. The molecule has 7 nitrogen and oxygen atoms in total. The van der Waals surface area contributed by atoms with Gasteiger partial charge in [0.25, 0.3) is 5.56 Å². The van der Waals surface area contributed by atoms with Crippen LogP contribution in [-0.4, -0.2) is 23.4 Å². The van der Waals surface area contributed by atoms with Crippen molar-refractivity contribution in [1.82, 2.24) is 4.57 Å². The summed E-state index contributed by atoms with van der Waals surface area (Å²) < 4.78 is 30.5. The molecule has 164 valence electrons. The Morgan fingerprint density at radius 2 is 1.94 bits per heavy atom. The van der Waals surface area contributed by atoms with Crippen LogP contribution in [0.15, 0.2) is 63.6 Å². The lowest BCUT2D eigenvalue weighted by Gasteiger charge is -2.22. The van der Waals surface area contributed by atoms with Crippen molar-refractivity contribution in [2.75, 3.05) is 10.3 Å². The number of amidine groups is 1. The third-order valence-electron chi connectivity index (χ3n) is 5.04. The summed E-state index contributed by atoms with van der Waals surface area (Å²) in [4.78, 5) is 24.3. The number of ether oxygens (including phenoxy) is 1. The van der Waals surface area contributed by atoms with E-state index in [2.05, 4.69) is 15.2 Å². The van der Waals surface area contributed by atoms with E-state index in [1.807, 2.05) is 6.92 Å². The van der Waals surface area contributed by atoms with Gasteiger partial charge in [-0.25, -0.2) is 5.01 Å². The number of aryl methyl sites for hydroxylation is 1. The molecule has 1 aliphatic carbocycles. The number of hydrazone groups is 1. The number of aromatic nitrogens is 1. The van der Waals surface area contributed by atoms with Gasteiger partial charge in [0, 0.05) is 13.2 Å². The van der Waals surface area contributed by atoms with Gasteiger partial charge in [0.15, 0.2) is 5.84 Å². The largest absolute Gasteiger partial charge is 0.435 e. The molecule has 9 heteroatoms. The van der Waals surface area contributed by atoms with Gasteiger partial charge < -0.3 is 14.6 Å². The monoisotopic (exact) mass is 430 g/mol. The van der Waals surface area contributed by atoms with Gasteiger partial charge in [-0.3, -0.25) is 9.59 Å². The first-order valence-electron chi connectivity index (χ1n) is 9.88. The Labute approximate surface area is 178 Å². The number of anilines is 2. The summed E-state index contributed by atoms with van der Waals surface area (Å²) in [6.45, 7) is -0.923. The number of carbonyl (C=O) groups is 1. The maximum atomic E-state index is 12.5. The molecule has 0 fully saturated rings. The molecular weight excluding hydrogens is 406 g/mol. The minimum absolute atomic E-state index is 0.0226. The number of amides is 1. The smallest absolute Gasteiger partial charge is 0.387 e. The van der Waals surface area contributed by atoms with Crippen molar-refractivity contribution in [3.8, 4) is 5.75 Å². The predicted octanol–water partition coefficient (Wildman–Crippen LogP) is 4.27. The number of rotatable bonds is 7. The number of nitrogens with one attached hydrogen (secondary N) is 1. The summed E-state index contributed by atoms with van der Waals surface area (Å²) in [5.41, 5.74) is 2.56. The van der Waals surface area contributed by atoms with Gasteiger partial charge in [-0.05, 0) is 74.6 Å². The summed E-state index contributed by atoms with van der Waals surface area (Å²) in [7, 11) is 1.65. The average Bonchev–Trinajstić information content (AvgIpc) is 2.75. The topological polar surface area (TPSA) is 75.9 Å². The number of nitrogens with zero attached hydrogens (tertiary/aromatic N) is 3. The average molecular weight is 430 g/mol. The summed E-state index contributed by atoms with van der Waals surface area (Å²) in [5.74, 6) is 0.381. The summed E-state index contributed by atoms with van der Waals surface area (Å²) in [6.07, 6.45) is 5.88. The fourth-order valence-electron chi connectivity index (χ4n) is 3.39. The lowest BCUT2D eigenvalue weighted by Crippen LogP contribution is -2.28. The van der Waals surface area contributed by atoms with Crippen molar-refractivity contribution in [2.24, 2.45) is 12.1 Å². The lowest BCUT2D eigenvalue weighted by molar-refractivity contribution is -0.107. The Morgan fingerprint density at radius 1 is 1.23 bits per heavy atom. The molecule has 0 saturated carbocycles. The molecule has 2 aromatic rings. The van der Waals surface area contributed by atoms with Gasteiger partial charge in [-0.15, -0.1) is 5.10 Å². The zero-order chi connectivity index (χ0) is 22.4. The number of halogens is 2. The quantitative estimate of drug-likeness (QED) is 0.308. The molecule has 31 heavy (non-hydrogen) atoms. The van der Waals surface area contributed by atoms with Gasteiger partial charge in [-0.2, -0.15) is 8.78 Å². The van der Waals surface area contributed by atoms with Crippen LogP contribution in [0.1, 0.15) is 32.6 Å². The van der Waals surface area contributed by atoms with Crippen molar-refractivity contribution >= 4 is 23.6 Å². The third kappa shape index (κ3) is 5.56. The van der Waals surface area contributed by atoms with Crippen molar-refractivity contribution in [2.45, 2.75) is 39.2 Å². The minimum Gasteiger partial charge on any atom is -0.435 e. The standard InChI is InChI=1S/C22H24F2N4O3/c1-15-6-3-4-7-18(15)20(25-19-8-5-13-27(2)21(19)30)26-28(14-29)16-9-11-17(12-10-16)31-22(23)24/h5,8-14,22H,3-4,6-7H2,1-2H3,(H,25,26). The van der Waals surface area contributed by atoms with Crippen molar-refractivity contribution in [1.29, 1.82) is 0 Å². The van der Waals surface area contributed by atoms with Crippen LogP contribution < -0.4 is 20.6 Å². The molecule has 0 atom stereocenters. The molecule has 1 aliphatic rings. The Hall–Kier alpha value is -3.49. The first-order chi connectivity index (χ1) is 14.9. The summed E-state index contributed by atoms with van der Waals surface area (Å²) >= 11 is 0. The normalized spacial score (nSPS) is 14.5. The van der Waals surface area contributed by atoms with E-state index in [0.29, 0.717) is 23.6 Å². The maximum absolute atomic E-state index is 12.5. The van der Waals surface area contributed by atoms with E-state index in [9.17, 15) is 18.4 Å². The van der Waals surface area contributed by atoms with E-state index in [0.717, 1.165) is 41.8 Å². The van der Waals surface area contributed by atoms with Crippen molar-refractivity contribution in [3.05, 3.63) is 64.1 Å². The molecule has 0 radical (unpaired) electrons. The van der Waals surface area contributed by atoms with Crippen LogP contribution in [0.25, 0.3) is 0 Å². The van der Waals surface area contributed by atoms with E-state index in [1.165, 1.54) is 28.8 Å². The number of benzene rings is 1. The van der Waals surface area contributed by atoms with Gasteiger partial charge in [0.2, 0.25) is 6.41 Å². The van der Waals surface area contributed by atoms with Crippen LogP contribution >= 0.6 is 0 Å². The molecule has 1 heterocycles. The highest BCUT2D eigenvalue weighted by molar-refractivity contribution is 6.09. The second-order valence-corrected chi connectivity index (χ2v) is 7.20. The highest BCUT2D eigenvalue weighted by atomic mass is 19.3. The van der Waals surface area contributed by atoms with Crippen LogP contribution in [0.2, 0.25) is 0 Å². The zero-order valence-electron chi connectivity index (χ0n) is 17.3. The molecule has 0 saturated heterocycles. The second kappa shape index (κ2) is 10.0. The molecule has 0 bridgehead atoms.